The summed E-state index contributed by atoms with van der Waals surface area (Å²) in [5, 5.41) is 2.78. The maximum atomic E-state index is 14.2. The highest BCUT2D eigenvalue weighted by Crippen LogP contribution is 2.31. The molecule has 0 spiro atoms. The van der Waals surface area contributed by atoms with E-state index in [0.29, 0.717) is 23.6 Å². The van der Waals surface area contributed by atoms with Gasteiger partial charge in [-0.05, 0) is 67.7 Å². The van der Waals surface area contributed by atoms with Crippen LogP contribution in [0, 0.1) is 11.7 Å². The van der Waals surface area contributed by atoms with Crippen molar-refractivity contribution in [3.63, 3.8) is 0 Å². The Morgan fingerprint density at radius 3 is 2.46 bits per heavy atom. The number of hydrogen-bond donors (Lipinski definition) is 1. The number of alkyl halides is 3. The molecule has 1 aliphatic heterocycles. The van der Waals surface area contributed by atoms with E-state index in [9.17, 15) is 22.4 Å². The Hall–Kier alpha value is -2.41. The molecule has 1 atom stereocenters. The van der Waals surface area contributed by atoms with Crippen LogP contribution in [-0.2, 0) is 6.18 Å². The Labute approximate surface area is 161 Å². The fourth-order valence-corrected chi connectivity index (χ4v) is 3.50. The van der Waals surface area contributed by atoms with E-state index < -0.39 is 23.5 Å². The van der Waals surface area contributed by atoms with Gasteiger partial charge in [-0.1, -0.05) is 18.2 Å². The Balaban J connectivity index is 1.73. The predicted molar refractivity (Wildman–Crippen MR) is 99.4 cm³/mol. The third-order valence-corrected chi connectivity index (χ3v) is 5.03. The molecular formula is C21H22F4N2O. The monoisotopic (exact) mass is 394 g/mol. The second-order valence-corrected chi connectivity index (χ2v) is 7.25. The second kappa shape index (κ2) is 8.31. The standard InChI is InChI=1S/C21H22F4N2O/c1-27-10-2-3-14(13-27)12-26-20(28)18-11-16(6-9-19(18)22)15-4-7-17(8-5-15)21(23,24)25/h4-9,11,14H,2-3,10,12-13H2,1H3,(H,26,28)/t14-/m0/s1. The van der Waals surface area contributed by atoms with Gasteiger partial charge in [0.2, 0.25) is 0 Å². The topological polar surface area (TPSA) is 32.3 Å². The number of nitrogens with one attached hydrogen (secondary N) is 1. The largest absolute Gasteiger partial charge is 0.416 e. The first-order valence-electron chi connectivity index (χ1n) is 9.18. The molecule has 1 fully saturated rings. The van der Waals surface area contributed by atoms with E-state index in [1.54, 1.807) is 0 Å². The maximum Gasteiger partial charge on any atom is 0.416 e. The lowest BCUT2D eigenvalue weighted by atomic mass is 9.98. The zero-order valence-corrected chi connectivity index (χ0v) is 15.5. The van der Waals surface area contributed by atoms with Gasteiger partial charge in [0, 0.05) is 13.1 Å². The molecule has 0 bridgehead atoms. The van der Waals surface area contributed by atoms with Gasteiger partial charge in [0.15, 0.2) is 0 Å². The van der Waals surface area contributed by atoms with Crippen LogP contribution in [0.1, 0.15) is 28.8 Å². The van der Waals surface area contributed by atoms with Crippen LogP contribution in [0.3, 0.4) is 0 Å². The summed E-state index contributed by atoms with van der Waals surface area (Å²) >= 11 is 0. The van der Waals surface area contributed by atoms with Gasteiger partial charge in [-0.15, -0.1) is 0 Å². The van der Waals surface area contributed by atoms with E-state index in [1.807, 2.05) is 7.05 Å². The van der Waals surface area contributed by atoms with E-state index in [0.717, 1.165) is 44.1 Å². The van der Waals surface area contributed by atoms with E-state index in [2.05, 4.69) is 10.2 Å². The van der Waals surface area contributed by atoms with Gasteiger partial charge < -0.3 is 10.2 Å². The summed E-state index contributed by atoms with van der Waals surface area (Å²) in [4.78, 5) is 14.6. The second-order valence-electron chi connectivity index (χ2n) is 7.25. The number of amides is 1. The summed E-state index contributed by atoms with van der Waals surface area (Å²) in [6, 6.07) is 8.56. The maximum absolute atomic E-state index is 14.2. The van der Waals surface area contributed by atoms with Gasteiger partial charge in [0.1, 0.15) is 5.82 Å². The molecule has 1 aliphatic rings. The van der Waals surface area contributed by atoms with Crippen molar-refractivity contribution in [2.24, 2.45) is 5.92 Å². The molecule has 1 amide bonds. The minimum atomic E-state index is -4.42. The Morgan fingerprint density at radius 2 is 1.82 bits per heavy atom. The van der Waals surface area contributed by atoms with Crippen molar-refractivity contribution in [1.29, 1.82) is 0 Å². The average molecular weight is 394 g/mol. The highest BCUT2D eigenvalue weighted by molar-refractivity contribution is 5.95. The summed E-state index contributed by atoms with van der Waals surface area (Å²) in [5.74, 6) is -0.850. The van der Waals surface area contributed by atoms with Crippen molar-refractivity contribution in [1.82, 2.24) is 10.2 Å². The fourth-order valence-electron chi connectivity index (χ4n) is 3.50. The number of likely N-dealkylation sites (tertiary alicyclic amines) is 1. The van der Waals surface area contributed by atoms with Crippen LogP contribution in [0.2, 0.25) is 0 Å². The first-order chi connectivity index (χ1) is 13.2. The van der Waals surface area contributed by atoms with Crippen LogP contribution >= 0.6 is 0 Å². The van der Waals surface area contributed by atoms with Crippen molar-refractivity contribution in [3.8, 4) is 11.1 Å². The van der Waals surface area contributed by atoms with Crippen LogP contribution in [0.15, 0.2) is 42.5 Å². The van der Waals surface area contributed by atoms with Crippen LogP contribution in [0.4, 0.5) is 17.6 Å². The molecule has 1 saturated heterocycles. The van der Waals surface area contributed by atoms with Crippen LogP contribution < -0.4 is 5.32 Å². The number of hydrogen-bond acceptors (Lipinski definition) is 2. The summed E-state index contributed by atoms with van der Waals surface area (Å²) in [6.45, 7) is 2.38. The van der Waals surface area contributed by atoms with Crippen molar-refractivity contribution >= 4 is 5.91 Å². The summed E-state index contributed by atoms with van der Waals surface area (Å²) in [6.07, 6.45) is -2.34. The summed E-state index contributed by atoms with van der Waals surface area (Å²) in [7, 11) is 2.03. The molecule has 28 heavy (non-hydrogen) atoms. The zero-order chi connectivity index (χ0) is 20.3. The molecule has 3 rings (SSSR count). The van der Waals surface area contributed by atoms with E-state index in [-0.39, 0.29) is 5.56 Å². The molecule has 2 aromatic rings. The van der Waals surface area contributed by atoms with Gasteiger partial charge in [-0.3, -0.25) is 4.79 Å². The number of carbonyl (C=O) groups is 1. The van der Waals surface area contributed by atoms with E-state index in [1.165, 1.54) is 24.3 Å². The number of nitrogens with zero attached hydrogens (tertiary/aromatic N) is 1. The van der Waals surface area contributed by atoms with Gasteiger partial charge in [0.25, 0.3) is 5.91 Å². The normalized spacial score (nSPS) is 18.1. The lowest BCUT2D eigenvalue weighted by Gasteiger charge is -2.29. The Morgan fingerprint density at radius 1 is 1.14 bits per heavy atom. The summed E-state index contributed by atoms with van der Waals surface area (Å²) in [5.41, 5.74) is 0.101. The van der Waals surface area contributed by atoms with Crippen molar-refractivity contribution < 1.29 is 22.4 Å². The van der Waals surface area contributed by atoms with E-state index >= 15 is 0 Å². The molecule has 7 heteroatoms. The smallest absolute Gasteiger partial charge is 0.352 e. The first kappa shape index (κ1) is 20.3. The van der Waals surface area contributed by atoms with Crippen molar-refractivity contribution in [2.75, 3.05) is 26.7 Å². The molecule has 1 N–H and O–H groups in total. The number of halogens is 4. The number of carbonyl (C=O) groups excluding carboxylic acids is 1. The number of rotatable bonds is 4. The molecule has 0 saturated carbocycles. The van der Waals surface area contributed by atoms with Gasteiger partial charge in [0.05, 0.1) is 11.1 Å². The molecular weight excluding hydrogens is 372 g/mol. The van der Waals surface area contributed by atoms with Crippen molar-refractivity contribution in [2.45, 2.75) is 19.0 Å². The Bertz CT molecular complexity index is 833. The first-order valence-corrected chi connectivity index (χ1v) is 9.18. The molecule has 0 aliphatic carbocycles. The zero-order valence-electron chi connectivity index (χ0n) is 15.5. The molecule has 0 radical (unpaired) electrons. The SMILES string of the molecule is CN1CCC[C@@H](CNC(=O)c2cc(-c3ccc(C(F)(F)F)cc3)ccc2F)C1. The van der Waals surface area contributed by atoms with Crippen molar-refractivity contribution in [3.05, 3.63) is 59.4 Å². The molecule has 3 nitrogen and oxygen atoms in total. The van der Waals surface area contributed by atoms with Crippen LogP contribution in [0.5, 0.6) is 0 Å². The number of benzene rings is 2. The fraction of sp³-hybridized carbons (Fsp3) is 0.381. The third-order valence-electron chi connectivity index (χ3n) is 5.03. The molecule has 1 heterocycles. The molecule has 2 aromatic carbocycles. The predicted octanol–water partition coefficient (Wildman–Crippen LogP) is 4.58. The van der Waals surface area contributed by atoms with E-state index in [4.69, 9.17) is 0 Å². The average Bonchev–Trinajstić information content (AvgIpc) is 2.66. The quantitative estimate of drug-likeness (QED) is 0.770. The molecule has 0 aromatic heterocycles. The van der Waals surface area contributed by atoms with Crippen LogP contribution in [-0.4, -0.2) is 37.5 Å². The Kier molecular flexibility index (Phi) is 6.03. The third kappa shape index (κ3) is 4.90. The van der Waals surface area contributed by atoms with Crippen LogP contribution in [0.25, 0.3) is 11.1 Å². The highest BCUT2D eigenvalue weighted by Gasteiger charge is 2.30. The molecule has 0 unspecified atom stereocenters. The number of piperidine rings is 1. The minimum absolute atomic E-state index is 0.110. The highest BCUT2D eigenvalue weighted by atomic mass is 19.4. The minimum Gasteiger partial charge on any atom is -0.352 e. The van der Waals surface area contributed by atoms with Gasteiger partial charge in [-0.25, -0.2) is 4.39 Å². The van der Waals surface area contributed by atoms with Gasteiger partial charge >= 0.3 is 6.18 Å². The summed E-state index contributed by atoms with van der Waals surface area (Å²) < 4.78 is 52.3. The lowest BCUT2D eigenvalue weighted by Crippen LogP contribution is -2.39. The molecule has 150 valence electrons. The lowest BCUT2D eigenvalue weighted by molar-refractivity contribution is -0.137. The van der Waals surface area contributed by atoms with Gasteiger partial charge in [-0.2, -0.15) is 13.2 Å².